The van der Waals surface area contributed by atoms with Crippen molar-refractivity contribution in [1.82, 2.24) is 0 Å². The van der Waals surface area contributed by atoms with Gasteiger partial charge < -0.3 is 9.38 Å². The SMILES string of the molecule is CC[N+](CC)(CC)CCN(c1ccccc1)C1CCCCC1. The summed E-state index contributed by atoms with van der Waals surface area (Å²) in [5.74, 6) is 0. The average molecular weight is 304 g/mol. The molecule has 1 aliphatic rings. The molecule has 0 aromatic heterocycles. The first-order chi connectivity index (χ1) is 10.7. The van der Waals surface area contributed by atoms with Gasteiger partial charge in [-0.15, -0.1) is 0 Å². The maximum absolute atomic E-state index is 2.72. The van der Waals surface area contributed by atoms with Crippen molar-refractivity contribution in [2.45, 2.75) is 58.9 Å². The lowest BCUT2D eigenvalue weighted by molar-refractivity contribution is -0.921. The number of anilines is 1. The summed E-state index contributed by atoms with van der Waals surface area (Å²) in [5.41, 5.74) is 1.43. The molecule has 2 rings (SSSR count). The molecule has 22 heavy (non-hydrogen) atoms. The summed E-state index contributed by atoms with van der Waals surface area (Å²) < 4.78 is 1.25. The summed E-state index contributed by atoms with van der Waals surface area (Å²) in [5, 5.41) is 0. The van der Waals surface area contributed by atoms with Crippen molar-refractivity contribution >= 4 is 5.69 Å². The number of quaternary nitrogens is 1. The minimum Gasteiger partial charge on any atom is -0.363 e. The number of rotatable bonds is 8. The Hall–Kier alpha value is -1.02. The maximum Gasteiger partial charge on any atom is 0.0964 e. The summed E-state index contributed by atoms with van der Waals surface area (Å²) in [4.78, 5) is 2.72. The molecule has 0 spiro atoms. The highest BCUT2D eigenvalue weighted by Gasteiger charge is 2.26. The maximum atomic E-state index is 2.72. The molecule has 1 aliphatic carbocycles. The van der Waals surface area contributed by atoms with Crippen molar-refractivity contribution in [3.8, 4) is 0 Å². The Balaban J connectivity index is 2.11. The zero-order valence-corrected chi connectivity index (χ0v) is 14.9. The van der Waals surface area contributed by atoms with Crippen LogP contribution in [0.4, 0.5) is 5.69 Å². The van der Waals surface area contributed by atoms with E-state index >= 15 is 0 Å². The van der Waals surface area contributed by atoms with Gasteiger partial charge in [0.25, 0.3) is 0 Å². The zero-order chi connectivity index (χ0) is 15.8. The van der Waals surface area contributed by atoms with Gasteiger partial charge in [0.15, 0.2) is 0 Å². The van der Waals surface area contributed by atoms with E-state index in [9.17, 15) is 0 Å². The third kappa shape index (κ3) is 4.25. The van der Waals surface area contributed by atoms with Crippen LogP contribution in [0, 0.1) is 0 Å². The Labute approximate surface area is 137 Å². The van der Waals surface area contributed by atoms with Crippen LogP contribution in [0.5, 0.6) is 0 Å². The Morgan fingerprint density at radius 2 is 1.50 bits per heavy atom. The van der Waals surface area contributed by atoms with E-state index in [0.717, 1.165) is 6.04 Å². The molecule has 1 aromatic rings. The molecule has 0 N–H and O–H groups in total. The third-order valence-electron chi connectivity index (χ3n) is 5.93. The summed E-state index contributed by atoms with van der Waals surface area (Å²) >= 11 is 0. The topological polar surface area (TPSA) is 3.24 Å². The summed E-state index contributed by atoms with van der Waals surface area (Å²) in [6.07, 6.45) is 6.99. The second-order valence-corrected chi connectivity index (χ2v) is 6.83. The standard InChI is InChI=1S/C20H35N2/c1-4-22(5-2,6-3)18-17-21(19-13-9-7-10-14-19)20-15-11-8-12-16-20/h7,9-10,13-14,20H,4-6,8,11-12,15-18H2,1-3H3/q+1. The van der Waals surface area contributed by atoms with E-state index in [2.05, 4.69) is 56.0 Å². The minimum atomic E-state index is 0.753. The summed E-state index contributed by atoms with van der Waals surface area (Å²) in [6.45, 7) is 13.3. The highest BCUT2D eigenvalue weighted by Crippen LogP contribution is 2.27. The molecule has 124 valence electrons. The normalized spacial score (nSPS) is 16.7. The number of benzene rings is 1. The van der Waals surface area contributed by atoms with E-state index in [1.54, 1.807) is 0 Å². The lowest BCUT2D eigenvalue weighted by atomic mass is 9.93. The molecule has 0 radical (unpaired) electrons. The average Bonchev–Trinajstić information content (AvgIpc) is 2.61. The highest BCUT2D eigenvalue weighted by molar-refractivity contribution is 5.47. The minimum absolute atomic E-state index is 0.753. The predicted octanol–water partition coefficient (Wildman–Crippen LogP) is 4.70. The Morgan fingerprint density at radius 3 is 2.05 bits per heavy atom. The van der Waals surface area contributed by atoms with Crippen LogP contribution in [0.3, 0.4) is 0 Å². The lowest BCUT2D eigenvalue weighted by Crippen LogP contribution is -2.53. The fourth-order valence-electron chi connectivity index (χ4n) is 4.00. The molecule has 1 fully saturated rings. The first-order valence-electron chi connectivity index (χ1n) is 9.41. The van der Waals surface area contributed by atoms with E-state index in [4.69, 9.17) is 0 Å². The predicted molar refractivity (Wildman–Crippen MR) is 97.4 cm³/mol. The van der Waals surface area contributed by atoms with Gasteiger partial charge in [-0.05, 0) is 45.7 Å². The molecule has 2 heteroatoms. The first kappa shape index (κ1) is 17.3. The van der Waals surface area contributed by atoms with Crippen LogP contribution < -0.4 is 4.90 Å². The van der Waals surface area contributed by atoms with Gasteiger partial charge in [0.05, 0.1) is 32.7 Å². The molecule has 0 atom stereocenters. The Morgan fingerprint density at radius 1 is 0.909 bits per heavy atom. The molecular weight excluding hydrogens is 268 g/mol. The van der Waals surface area contributed by atoms with Gasteiger partial charge in [0.2, 0.25) is 0 Å². The van der Waals surface area contributed by atoms with Crippen LogP contribution in [0.15, 0.2) is 30.3 Å². The van der Waals surface area contributed by atoms with Crippen molar-refractivity contribution in [2.75, 3.05) is 37.6 Å². The number of hydrogen-bond acceptors (Lipinski definition) is 1. The van der Waals surface area contributed by atoms with E-state index in [-0.39, 0.29) is 0 Å². The molecular formula is C20H35N2+. The number of likely N-dealkylation sites (N-methyl/N-ethyl adjacent to an activating group) is 1. The molecule has 2 nitrogen and oxygen atoms in total. The van der Waals surface area contributed by atoms with Crippen molar-refractivity contribution < 1.29 is 4.48 Å². The van der Waals surface area contributed by atoms with E-state index < -0.39 is 0 Å². The van der Waals surface area contributed by atoms with Crippen molar-refractivity contribution in [1.29, 1.82) is 0 Å². The molecule has 0 bridgehead atoms. The van der Waals surface area contributed by atoms with Gasteiger partial charge >= 0.3 is 0 Å². The van der Waals surface area contributed by atoms with E-state index in [1.807, 2.05) is 0 Å². The molecule has 0 unspecified atom stereocenters. The van der Waals surface area contributed by atoms with Gasteiger partial charge in [-0.25, -0.2) is 0 Å². The van der Waals surface area contributed by atoms with Gasteiger partial charge in [0, 0.05) is 11.7 Å². The second-order valence-electron chi connectivity index (χ2n) is 6.83. The summed E-state index contributed by atoms with van der Waals surface area (Å²) in [7, 11) is 0. The zero-order valence-electron chi connectivity index (χ0n) is 14.9. The van der Waals surface area contributed by atoms with Crippen LogP contribution in [0.1, 0.15) is 52.9 Å². The number of hydrogen-bond donors (Lipinski definition) is 0. The van der Waals surface area contributed by atoms with E-state index in [1.165, 1.54) is 75.0 Å². The Bertz CT molecular complexity index is 397. The fraction of sp³-hybridized carbons (Fsp3) is 0.700. The van der Waals surface area contributed by atoms with Crippen LogP contribution >= 0.6 is 0 Å². The molecule has 0 amide bonds. The van der Waals surface area contributed by atoms with Gasteiger partial charge in [0.1, 0.15) is 0 Å². The number of nitrogens with zero attached hydrogens (tertiary/aromatic N) is 2. The fourth-order valence-corrected chi connectivity index (χ4v) is 4.00. The molecule has 0 heterocycles. The van der Waals surface area contributed by atoms with Crippen LogP contribution in [0.25, 0.3) is 0 Å². The quantitative estimate of drug-likeness (QED) is 0.629. The van der Waals surface area contributed by atoms with E-state index in [0.29, 0.717) is 0 Å². The van der Waals surface area contributed by atoms with Gasteiger partial charge in [-0.3, -0.25) is 0 Å². The lowest BCUT2D eigenvalue weighted by Gasteiger charge is -2.41. The van der Waals surface area contributed by atoms with Gasteiger partial charge in [-0.1, -0.05) is 37.5 Å². The first-order valence-corrected chi connectivity index (χ1v) is 9.41. The van der Waals surface area contributed by atoms with Crippen LogP contribution in [-0.4, -0.2) is 43.2 Å². The monoisotopic (exact) mass is 303 g/mol. The van der Waals surface area contributed by atoms with Crippen LogP contribution in [-0.2, 0) is 0 Å². The number of para-hydroxylation sites is 1. The van der Waals surface area contributed by atoms with Crippen molar-refractivity contribution in [3.05, 3.63) is 30.3 Å². The highest BCUT2D eigenvalue weighted by atomic mass is 15.4. The second kappa shape index (κ2) is 8.57. The van der Waals surface area contributed by atoms with Gasteiger partial charge in [-0.2, -0.15) is 0 Å². The molecule has 0 saturated heterocycles. The molecule has 0 aliphatic heterocycles. The smallest absolute Gasteiger partial charge is 0.0964 e. The van der Waals surface area contributed by atoms with Crippen molar-refractivity contribution in [3.63, 3.8) is 0 Å². The summed E-state index contributed by atoms with van der Waals surface area (Å²) in [6, 6.07) is 11.9. The third-order valence-corrected chi connectivity index (χ3v) is 5.93. The molecule has 1 saturated carbocycles. The van der Waals surface area contributed by atoms with Crippen molar-refractivity contribution in [2.24, 2.45) is 0 Å². The Kier molecular flexibility index (Phi) is 6.75. The largest absolute Gasteiger partial charge is 0.363 e. The molecule has 1 aromatic carbocycles. The van der Waals surface area contributed by atoms with Crippen LogP contribution in [0.2, 0.25) is 0 Å².